The molecule has 1 heterocycles. The third kappa shape index (κ3) is 2.61. The van der Waals surface area contributed by atoms with Gasteiger partial charge in [0.1, 0.15) is 0 Å². The number of anilines is 1. The Morgan fingerprint density at radius 1 is 1.24 bits per heavy atom. The zero-order valence-corrected chi connectivity index (χ0v) is 12.1. The van der Waals surface area contributed by atoms with Gasteiger partial charge in [0, 0.05) is 17.2 Å². The number of hydrogen-bond acceptors (Lipinski definition) is 4. The molecule has 3 rings (SSSR count). The van der Waals surface area contributed by atoms with Gasteiger partial charge in [-0.2, -0.15) is 0 Å². The lowest BCUT2D eigenvalue weighted by atomic mass is 10.3. The van der Waals surface area contributed by atoms with Crippen molar-refractivity contribution in [2.75, 3.05) is 5.43 Å². The summed E-state index contributed by atoms with van der Waals surface area (Å²) >= 11 is 11.2. The van der Waals surface area contributed by atoms with Crippen LogP contribution in [-0.2, 0) is 0 Å². The number of nitrogens with one attached hydrogen (secondary N) is 2. The zero-order chi connectivity index (χ0) is 15.0. The van der Waals surface area contributed by atoms with E-state index < -0.39 is 4.92 Å². The Bertz CT molecular complexity index is 885. The average molecular weight is 321 g/mol. The number of nitrogens with zero attached hydrogens (tertiary/aromatic N) is 2. The van der Waals surface area contributed by atoms with Crippen LogP contribution in [0.2, 0.25) is 5.02 Å². The summed E-state index contributed by atoms with van der Waals surface area (Å²) in [6, 6.07) is 11.5. The molecule has 0 radical (unpaired) electrons. The molecule has 0 fully saturated rings. The lowest BCUT2D eigenvalue weighted by Gasteiger charge is -2.08. The summed E-state index contributed by atoms with van der Waals surface area (Å²) in [6.45, 7) is 0. The summed E-state index contributed by atoms with van der Waals surface area (Å²) in [7, 11) is 0. The number of aromatic amines is 1. The van der Waals surface area contributed by atoms with E-state index in [0.29, 0.717) is 15.5 Å². The topological polar surface area (TPSA) is 75.9 Å². The zero-order valence-electron chi connectivity index (χ0n) is 10.5. The number of nitro groups is 1. The van der Waals surface area contributed by atoms with E-state index in [-0.39, 0.29) is 5.69 Å². The Labute approximate surface area is 129 Å². The van der Waals surface area contributed by atoms with Gasteiger partial charge in [-0.1, -0.05) is 11.6 Å². The average Bonchev–Trinajstić information content (AvgIpc) is 2.75. The Balaban J connectivity index is 1.99. The minimum atomic E-state index is -0.441. The van der Waals surface area contributed by atoms with Crippen LogP contribution in [0.1, 0.15) is 0 Å². The second kappa shape index (κ2) is 5.19. The first-order valence-corrected chi connectivity index (χ1v) is 6.75. The molecule has 106 valence electrons. The van der Waals surface area contributed by atoms with Crippen LogP contribution in [0.3, 0.4) is 0 Å². The van der Waals surface area contributed by atoms with E-state index in [1.54, 1.807) is 28.9 Å². The minimum absolute atomic E-state index is 0.0369. The van der Waals surface area contributed by atoms with Crippen LogP contribution in [0.15, 0.2) is 42.5 Å². The molecule has 2 aromatic carbocycles. The van der Waals surface area contributed by atoms with Crippen molar-refractivity contribution in [2.24, 2.45) is 0 Å². The highest BCUT2D eigenvalue weighted by Crippen LogP contribution is 2.21. The maximum atomic E-state index is 10.6. The molecular formula is C13H9ClN4O2S. The monoisotopic (exact) mass is 320 g/mol. The van der Waals surface area contributed by atoms with Crippen molar-refractivity contribution in [3.63, 3.8) is 0 Å². The van der Waals surface area contributed by atoms with Crippen molar-refractivity contribution < 1.29 is 4.92 Å². The number of hydrogen-bond donors (Lipinski definition) is 2. The first kappa shape index (κ1) is 13.6. The first-order chi connectivity index (χ1) is 10.0. The van der Waals surface area contributed by atoms with Crippen molar-refractivity contribution in [2.45, 2.75) is 0 Å². The molecule has 1 aromatic heterocycles. The molecule has 0 unspecified atom stereocenters. The fourth-order valence-corrected chi connectivity index (χ4v) is 2.41. The molecule has 0 atom stereocenters. The fraction of sp³-hybridized carbons (Fsp3) is 0. The van der Waals surface area contributed by atoms with Crippen LogP contribution in [-0.4, -0.2) is 14.6 Å². The third-order valence-corrected chi connectivity index (χ3v) is 3.48. The summed E-state index contributed by atoms with van der Waals surface area (Å²) < 4.78 is 2.16. The van der Waals surface area contributed by atoms with Gasteiger partial charge >= 0.3 is 0 Å². The van der Waals surface area contributed by atoms with Gasteiger partial charge in [-0.25, -0.2) is 4.68 Å². The normalized spacial score (nSPS) is 10.7. The molecule has 3 aromatic rings. The van der Waals surface area contributed by atoms with Crippen LogP contribution < -0.4 is 5.43 Å². The predicted molar refractivity (Wildman–Crippen MR) is 84.2 cm³/mol. The van der Waals surface area contributed by atoms with Gasteiger partial charge in [0.05, 0.1) is 21.6 Å². The Hall–Kier alpha value is -2.38. The molecule has 0 spiro atoms. The van der Waals surface area contributed by atoms with Crippen molar-refractivity contribution in [1.29, 1.82) is 0 Å². The smallest absolute Gasteiger partial charge is 0.269 e. The number of non-ortho nitro benzene ring substituents is 1. The van der Waals surface area contributed by atoms with E-state index >= 15 is 0 Å². The molecule has 8 heteroatoms. The van der Waals surface area contributed by atoms with Crippen LogP contribution in [0.25, 0.3) is 11.0 Å². The second-order valence-electron chi connectivity index (χ2n) is 4.34. The molecule has 21 heavy (non-hydrogen) atoms. The molecule has 0 saturated heterocycles. The van der Waals surface area contributed by atoms with Gasteiger partial charge in [-0.15, -0.1) is 0 Å². The minimum Gasteiger partial charge on any atom is -0.329 e. The van der Waals surface area contributed by atoms with Gasteiger partial charge < -0.3 is 4.98 Å². The quantitative estimate of drug-likeness (QED) is 0.432. The number of fused-ring (bicyclic) bond motifs is 1. The van der Waals surface area contributed by atoms with Crippen LogP contribution in [0, 0.1) is 14.9 Å². The molecular weight excluding hydrogens is 312 g/mol. The van der Waals surface area contributed by atoms with E-state index in [0.717, 1.165) is 11.0 Å². The van der Waals surface area contributed by atoms with Gasteiger partial charge in [-0.3, -0.25) is 15.5 Å². The van der Waals surface area contributed by atoms with Crippen LogP contribution in [0.5, 0.6) is 0 Å². The molecule has 0 bridgehead atoms. The maximum Gasteiger partial charge on any atom is 0.269 e. The molecule has 0 aliphatic carbocycles. The van der Waals surface area contributed by atoms with Crippen molar-refractivity contribution in [1.82, 2.24) is 9.66 Å². The largest absolute Gasteiger partial charge is 0.329 e. The summed E-state index contributed by atoms with van der Waals surface area (Å²) in [6.07, 6.45) is 0. The standard InChI is InChI=1S/C13H9ClN4O2S/c14-8-1-6-12-11(7-8)15-13(21)17(12)16-9-2-4-10(5-3-9)18(19)20/h1-7,16H,(H,15,21). The molecule has 2 N–H and O–H groups in total. The Morgan fingerprint density at radius 2 is 1.95 bits per heavy atom. The highest BCUT2D eigenvalue weighted by molar-refractivity contribution is 7.71. The van der Waals surface area contributed by atoms with E-state index in [4.69, 9.17) is 23.8 Å². The van der Waals surface area contributed by atoms with E-state index in [9.17, 15) is 10.1 Å². The van der Waals surface area contributed by atoms with Gasteiger partial charge in [-0.05, 0) is 42.5 Å². The number of H-pyrrole nitrogens is 1. The maximum absolute atomic E-state index is 10.6. The number of nitro benzene ring substituents is 1. The number of imidazole rings is 1. The predicted octanol–water partition coefficient (Wildman–Crippen LogP) is 4.14. The number of benzene rings is 2. The van der Waals surface area contributed by atoms with Gasteiger partial charge in [0.25, 0.3) is 5.69 Å². The third-order valence-electron chi connectivity index (χ3n) is 2.96. The summed E-state index contributed by atoms with van der Waals surface area (Å²) in [5.41, 5.74) is 5.46. The molecule has 0 saturated carbocycles. The number of aromatic nitrogens is 2. The van der Waals surface area contributed by atoms with Crippen LogP contribution >= 0.6 is 23.8 Å². The van der Waals surface area contributed by atoms with Crippen molar-refractivity contribution in [3.05, 3.63) is 62.4 Å². The van der Waals surface area contributed by atoms with Crippen LogP contribution in [0.4, 0.5) is 11.4 Å². The summed E-state index contributed by atoms with van der Waals surface area (Å²) in [5.74, 6) is 0. The SMILES string of the molecule is O=[N+]([O-])c1ccc(Nn2c(=S)[nH]c3cc(Cl)ccc32)cc1. The number of halogens is 1. The fourth-order valence-electron chi connectivity index (χ4n) is 1.98. The lowest BCUT2D eigenvalue weighted by molar-refractivity contribution is -0.384. The first-order valence-electron chi connectivity index (χ1n) is 5.96. The summed E-state index contributed by atoms with van der Waals surface area (Å²) in [5, 5.41) is 11.2. The molecule has 0 amide bonds. The molecule has 0 aliphatic heterocycles. The van der Waals surface area contributed by atoms with E-state index in [2.05, 4.69) is 10.4 Å². The van der Waals surface area contributed by atoms with E-state index in [1.807, 2.05) is 6.07 Å². The van der Waals surface area contributed by atoms with Gasteiger partial charge in [0.2, 0.25) is 0 Å². The number of rotatable bonds is 3. The molecule has 0 aliphatic rings. The van der Waals surface area contributed by atoms with Crippen molar-refractivity contribution in [3.8, 4) is 0 Å². The highest BCUT2D eigenvalue weighted by atomic mass is 35.5. The highest BCUT2D eigenvalue weighted by Gasteiger charge is 2.07. The summed E-state index contributed by atoms with van der Waals surface area (Å²) in [4.78, 5) is 13.2. The second-order valence-corrected chi connectivity index (χ2v) is 5.17. The van der Waals surface area contributed by atoms with Gasteiger partial charge in [0.15, 0.2) is 4.77 Å². The Kier molecular flexibility index (Phi) is 3.36. The molecule has 6 nitrogen and oxygen atoms in total. The van der Waals surface area contributed by atoms with Crippen molar-refractivity contribution >= 4 is 46.2 Å². The lowest BCUT2D eigenvalue weighted by Crippen LogP contribution is -2.08. The van der Waals surface area contributed by atoms with E-state index in [1.165, 1.54) is 12.1 Å². The Morgan fingerprint density at radius 3 is 2.62 bits per heavy atom.